The number of rotatable bonds is 14. The van der Waals surface area contributed by atoms with Gasteiger partial charge in [-0.3, -0.25) is 19.2 Å². The number of hydrogen-bond acceptors (Lipinski definition) is 6. The van der Waals surface area contributed by atoms with Crippen LogP contribution in [0.3, 0.4) is 0 Å². The third kappa shape index (κ3) is 7.59. The van der Waals surface area contributed by atoms with Gasteiger partial charge in [-0.05, 0) is 71.5 Å². The lowest BCUT2D eigenvalue weighted by Crippen LogP contribution is -2.36. The van der Waals surface area contributed by atoms with Crippen molar-refractivity contribution in [2.75, 3.05) is 0 Å². The van der Waals surface area contributed by atoms with Gasteiger partial charge in [0.25, 0.3) is 11.8 Å². The highest BCUT2D eigenvalue weighted by Crippen LogP contribution is 2.35. The Morgan fingerprint density at radius 2 is 0.929 bits per heavy atom. The third-order valence-corrected chi connectivity index (χ3v) is 7.18. The Kier molecular flexibility index (Phi) is 11.3. The molecule has 10 N–H and O–H groups in total. The highest BCUT2D eigenvalue weighted by molar-refractivity contribution is 6.01. The van der Waals surface area contributed by atoms with Gasteiger partial charge in [0.05, 0.1) is 12.1 Å². The van der Waals surface area contributed by atoms with E-state index in [1.807, 2.05) is 13.8 Å². The van der Waals surface area contributed by atoms with Crippen LogP contribution in [0.4, 0.5) is 0 Å². The van der Waals surface area contributed by atoms with Crippen LogP contribution in [0.15, 0.2) is 60.7 Å². The Morgan fingerprint density at radius 3 is 1.19 bits per heavy atom. The van der Waals surface area contributed by atoms with Crippen molar-refractivity contribution < 1.29 is 19.2 Å². The van der Waals surface area contributed by atoms with Gasteiger partial charge in [0.15, 0.2) is 0 Å². The molecule has 0 radical (unpaired) electrons. The van der Waals surface area contributed by atoms with E-state index in [2.05, 4.69) is 10.6 Å². The van der Waals surface area contributed by atoms with Crippen molar-refractivity contribution in [1.82, 2.24) is 10.6 Å². The average molecular weight is 573 g/mol. The van der Waals surface area contributed by atoms with Gasteiger partial charge in [0.2, 0.25) is 11.8 Å². The number of benzene rings is 3. The normalized spacial score (nSPS) is 12.3. The van der Waals surface area contributed by atoms with Crippen LogP contribution in [0.1, 0.15) is 115 Å². The van der Waals surface area contributed by atoms with Gasteiger partial charge in [-0.15, -0.1) is 0 Å². The van der Waals surface area contributed by atoms with E-state index < -0.39 is 23.9 Å². The second-order valence-corrected chi connectivity index (χ2v) is 10.1. The monoisotopic (exact) mass is 572 g/mol. The van der Waals surface area contributed by atoms with Crippen LogP contribution in [-0.2, 0) is 13.1 Å². The number of carbonyl (C=O) groups excluding carboxylic acids is 4. The van der Waals surface area contributed by atoms with Crippen LogP contribution in [0, 0.1) is 0 Å². The van der Waals surface area contributed by atoms with Gasteiger partial charge in [-0.1, -0.05) is 51.0 Å². The molecule has 0 spiro atoms. The maximum atomic E-state index is 13.4. The van der Waals surface area contributed by atoms with E-state index >= 15 is 0 Å². The quantitative estimate of drug-likeness (QED) is 0.171. The van der Waals surface area contributed by atoms with Crippen LogP contribution in [0.5, 0.6) is 0 Å². The first-order chi connectivity index (χ1) is 20.1. The molecule has 4 amide bonds. The summed E-state index contributed by atoms with van der Waals surface area (Å²) in [6, 6.07) is 15.2. The highest BCUT2D eigenvalue weighted by atomic mass is 16.2. The summed E-state index contributed by atoms with van der Waals surface area (Å²) in [6.07, 6.45) is 2.12. The number of amides is 4. The fourth-order valence-corrected chi connectivity index (χ4v) is 5.04. The van der Waals surface area contributed by atoms with E-state index in [-0.39, 0.29) is 22.9 Å². The summed E-state index contributed by atoms with van der Waals surface area (Å²) in [7, 11) is 0. The van der Waals surface area contributed by atoms with Crippen molar-refractivity contribution in [1.29, 1.82) is 0 Å². The van der Waals surface area contributed by atoms with Crippen molar-refractivity contribution in [3.8, 4) is 0 Å². The second kappa shape index (κ2) is 14.9. The Hall–Kier alpha value is -4.54. The van der Waals surface area contributed by atoms with Crippen molar-refractivity contribution in [2.45, 2.75) is 64.7 Å². The minimum Gasteiger partial charge on any atom is -0.366 e. The Bertz CT molecular complexity index is 1310. The molecule has 0 aromatic heterocycles. The first-order valence-electron chi connectivity index (χ1n) is 14.1. The molecule has 10 nitrogen and oxygen atoms in total. The number of nitrogens with two attached hydrogens (primary N) is 4. The van der Waals surface area contributed by atoms with Crippen molar-refractivity contribution in [3.63, 3.8) is 0 Å². The molecule has 0 saturated heterocycles. The van der Waals surface area contributed by atoms with Crippen LogP contribution in [0.25, 0.3) is 0 Å². The first kappa shape index (κ1) is 32.0. The maximum Gasteiger partial charge on any atom is 0.251 e. The molecule has 0 aliphatic heterocycles. The van der Waals surface area contributed by atoms with E-state index in [1.165, 1.54) is 12.1 Å². The molecule has 222 valence electrons. The van der Waals surface area contributed by atoms with Crippen LogP contribution in [-0.4, -0.2) is 23.6 Å². The SMILES string of the molecule is CCCC(NC(=O)c1ccc(CN)cc1)c1c(C(N)=O)ccc(C(N)=O)c1C(CCC)NC(=O)c1ccc(CN)cc1. The van der Waals surface area contributed by atoms with Crippen LogP contribution < -0.4 is 33.6 Å². The molecule has 2 atom stereocenters. The Balaban J connectivity index is 2.16. The molecule has 3 aromatic carbocycles. The third-order valence-electron chi connectivity index (χ3n) is 7.18. The molecule has 0 aliphatic carbocycles. The summed E-state index contributed by atoms with van der Waals surface area (Å²) >= 11 is 0. The van der Waals surface area contributed by atoms with Gasteiger partial charge in [-0.25, -0.2) is 0 Å². The fourth-order valence-electron chi connectivity index (χ4n) is 5.04. The molecular weight excluding hydrogens is 532 g/mol. The Labute approximate surface area is 246 Å². The molecule has 3 rings (SSSR count). The molecule has 10 heteroatoms. The summed E-state index contributed by atoms with van der Waals surface area (Å²) in [6.45, 7) is 4.56. The lowest BCUT2D eigenvalue weighted by Gasteiger charge is -2.30. The van der Waals surface area contributed by atoms with Gasteiger partial charge in [0.1, 0.15) is 0 Å². The first-order valence-corrected chi connectivity index (χ1v) is 14.1. The van der Waals surface area contributed by atoms with Gasteiger partial charge >= 0.3 is 0 Å². The predicted octanol–water partition coefficient (Wildman–Crippen LogP) is 3.34. The summed E-state index contributed by atoms with van der Waals surface area (Å²) in [5, 5.41) is 6.06. The van der Waals surface area contributed by atoms with Gasteiger partial charge in [-0.2, -0.15) is 0 Å². The second-order valence-electron chi connectivity index (χ2n) is 10.1. The number of carbonyl (C=O) groups is 4. The molecule has 2 unspecified atom stereocenters. The summed E-state index contributed by atoms with van der Waals surface area (Å²) in [4.78, 5) is 52.3. The van der Waals surface area contributed by atoms with E-state index in [1.54, 1.807) is 48.5 Å². The lowest BCUT2D eigenvalue weighted by molar-refractivity contribution is 0.0918. The van der Waals surface area contributed by atoms with Crippen LogP contribution >= 0.6 is 0 Å². The van der Waals surface area contributed by atoms with Crippen molar-refractivity contribution >= 4 is 23.6 Å². The zero-order valence-electron chi connectivity index (χ0n) is 24.1. The standard InChI is InChI=1S/C32H40N6O4/c1-3-5-25(37-31(41)21-11-7-19(17-33)8-12-21)27-23(29(35)39)15-16-24(30(36)40)28(27)26(6-4-2)38-32(42)22-13-9-20(18-34)10-14-22/h7-16,25-26H,3-6,17-18,33-34H2,1-2H3,(H2,35,39)(H2,36,40)(H,37,41)(H,38,42). The highest BCUT2D eigenvalue weighted by Gasteiger charge is 2.31. The smallest absolute Gasteiger partial charge is 0.251 e. The zero-order valence-corrected chi connectivity index (χ0v) is 24.1. The molecule has 0 saturated carbocycles. The van der Waals surface area contributed by atoms with Gasteiger partial charge < -0.3 is 33.6 Å². The van der Waals surface area contributed by atoms with Gasteiger partial charge in [0, 0.05) is 35.3 Å². The minimum absolute atomic E-state index is 0.134. The molecule has 0 bridgehead atoms. The fraction of sp³-hybridized carbons (Fsp3) is 0.312. The predicted molar refractivity (Wildman–Crippen MR) is 162 cm³/mol. The Morgan fingerprint density at radius 1 is 0.595 bits per heavy atom. The number of nitrogens with one attached hydrogen (secondary N) is 2. The van der Waals surface area contributed by atoms with Crippen molar-refractivity contribution in [3.05, 3.63) is 105 Å². The minimum atomic E-state index is -0.733. The van der Waals surface area contributed by atoms with Crippen LogP contribution in [0.2, 0.25) is 0 Å². The average Bonchev–Trinajstić information content (AvgIpc) is 2.99. The molecule has 0 fully saturated rings. The van der Waals surface area contributed by atoms with E-state index in [0.29, 0.717) is 61.0 Å². The van der Waals surface area contributed by atoms with Crippen molar-refractivity contribution in [2.24, 2.45) is 22.9 Å². The maximum absolute atomic E-state index is 13.4. The lowest BCUT2D eigenvalue weighted by atomic mass is 9.83. The molecule has 3 aromatic rings. The molecular formula is C32H40N6O4. The summed E-state index contributed by atoms with van der Waals surface area (Å²) in [5.41, 5.74) is 26.6. The zero-order chi connectivity index (χ0) is 30.8. The number of primary amides is 2. The molecule has 42 heavy (non-hydrogen) atoms. The van der Waals surface area contributed by atoms with E-state index in [0.717, 1.165) is 11.1 Å². The molecule has 0 aliphatic rings. The largest absolute Gasteiger partial charge is 0.366 e. The number of hydrogen-bond donors (Lipinski definition) is 6. The topological polar surface area (TPSA) is 196 Å². The summed E-state index contributed by atoms with van der Waals surface area (Å²) < 4.78 is 0. The summed E-state index contributed by atoms with van der Waals surface area (Å²) in [5.74, 6) is -2.22. The van der Waals surface area contributed by atoms with E-state index in [4.69, 9.17) is 22.9 Å². The molecule has 0 heterocycles. The van der Waals surface area contributed by atoms with E-state index in [9.17, 15) is 19.2 Å².